The van der Waals surface area contributed by atoms with Crippen LogP contribution in [0.4, 0.5) is 0 Å². The molecule has 1 unspecified atom stereocenters. The van der Waals surface area contributed by atoms with E-state index >= 15 is 0 Å². The second kappa shape index (κ2) is 4.77. The first kappa shape index (κ1) is 9.22. The van der Waals surface area contributed by atoms with Gasteiger partial charge in [-0.2, -0.15) is 0 Å². The minimum Gasteiger partial charge on any atom is -0.313 e. The molecule has 0 aromatic carbocycles. The molecular formula is C11H20N2. The van der Waals surface area contributed by atoms with Crippen molar-refractivity contribution >= 4 is 0 Å². The summed E-state index contributed by atoms with van der Waals surface area (Å²) in [4.78, 5) is 0. The van der Waals surface area contributed by atoms with E-state index < -0.39 is 0 Å². The summed E-state index contributed by atoms with van der Waals surface area (Å²) >= 11 is 0. The highest BCUT2D eigenvalue weighted by molar-refractivity contribution is 4.98. The zero-order chi connectivity index (χ0) is 8.93. The van der Waals surface area contributed by atoms with Gasteiger partial charge in [-0.3, -0.25) is 0 Å². The van der Waals surface area contributed by atoms with Crippen LogP contribution in [0.3, 0.4) is 0 Å². The Balaban J connectivity index is 1.61. The zero-order valence-electron chi connectivity index (χ0n) is 8.26. The van der Waals surface area contributed by atoms with Crippen molar-refractivity contribution in [3.05, 3.63) is 12.2 Å². The standard InChI is InChI=1S/C11H20N2/c1-2-6-10(5-1)13-9-11-7-3-4-8-12-11/h1-2,10-13H,3-9H2. The summed E-state index contributed by atoms with van der Waals surface area (Å²) in [5.41, 5.74) is 0. The van der Waals surface area contributed by atoms with Gasteiger partial charge in [-0.1, -0.05) is 18.6 Å². The molecule has 2 nitrogen and oxygen atoms in total. The Bertz CT molecular complexity index is 163. The lowest BCUT2D eigenvalue weighted by molar-refractivity contribution is 0.367. The Morgan fingerprint density at radius 1 is 1.23 bits per heavy atom. The van der Waals surface area contributed by atoms with Gasteiger partial charge in [-0.25, -0.2) is 0 Å². The van der Waals surface area contributed by atoms with Gasteiger partial charge in [0.05, 0.1) is 0 Å². The zero-order valence-corrected chi connectivity index (χ0v) is 8.26. The van der Waals surface area contributed by atoms with Gasteiger partial charge in [-0.05, 0) is 32.2 Å². The van der Waals surface area contributed by atoms with E-state index in [0.29, 0.717) is 0 Å². The average molecular weight is 180 g/mol. The molecule has 0 bridgehead atoms. The average Bonchev–Trinajstić information content (AvgIpc) is 2.69. The van der Waals surface area contributed by atoms with Crippen molar-refractivity contribution in [3.8, 4) is 0 Å². The molecule has 2 rings (SSSR count). The molecular weight excluding hydrogens is 160 g/mol. The van der Waals surface area contributed by atoms with Gasteiger partial charge in [-0.15, -0.1) is 0 Å². The molecule has 0 amide bonds. The van der Waals surface area contributed by atoms with Crippen LogP contribution < -0.4 is 10.6 Å². The predicted octanol–water partition coefficient (Wildman–Crippen LogP) is 1.44. The third-order valence-corrected chi connectivity index (χ3v) is 3.07. The van der Waals surface area contributed by atoms with Gasteiger partial charge in [0, 0.05) is 18.6 Å². The van der Waals surface area contributed by atoms with Crippen LogP contribution in [0.15, 0.2) is 12.2 Å². The molecule has 0 radical (unpaired) electrons. The normalized spacial score (nSPS) is 29.7. The van der Waals surface area contributed by atoms with E-state index in [0.717, 1.165) is 18.6 Å². The quantitative estimate of drug-likeness (QED) is 0.642. The molecule has 0 aromatic rings. The fraction of sp³-hybridized carbons (Fsp3) is 0.818. The molecule has 0 spiro atoms. The molecule has 2 N–H and O–H groups in total. The summed E-state index contributed by atoms with van der Waals surface area (Å²) in [6, 6.07) is 1.46. The number of hydrogen-bond donors (Lipinski definition) is 2. The van der Waals surface area contributed by atoms with Crippen molar-refractivity contribution < 1.29 is 0 Å². The Morgan fingerprint density at radius 3 is 2.77 bits per heavy atom. The fourth-order valence-electron chi connectivity index (χ4n) is 2.19. The van der Waals surface area contributed by atoms with E-state index in [1.807, 2.05) is 0 Å². The van der Waals surface area contributed by atoms with E-state index in [4.69, 9.17) is 0 Å². The first-order chi connectivity index (χ1) is 6.45. The maximum atomic E-state index is 3.63. The van der Waals surface area contributed by atoms with Crippen LogP contribution in [-0.2, 0) is 0 Å². The van der Waals surface area contributed by atoms with Crippen molar-refractivity contribution in [2.45, 2.75) is 44.2 Å². The van der Waals surface area contributed by atoms with Crippen LogP contribution in [-0.4, -0.2) is 25.2 Å². The van der Waals surface area contributed by atoms with Gasteiger partial charge in [0.25, 0.3) is 0 Å². The fourth-order valence-corrected chi connectivity index (χ4v) is 2.19. The molecule has 1 aliphatic carbocycles. The van der Waals surface area contributed by atoms with Crippen LogP contribution in [0.5, 0.6) is 0 Å². The topological polar surface area (TPSA) is 24.1 Å². The van der Waals surface area contributed by atoms with E-state index in [2.05, 4.69) is 22.8 Å². The molecule has 0 saturated carbocycles. The maximum absolute atomic E-state index is 3.63. The summed E-state index contributed by atoms with van der Waals surface area (Å²) in [6.07, 6.45) is 11.1. The third-order valence-electron chi connectivity index (χ3n) is 3.07. The lowest BCUT2D eigenvalue weighted by Crippen LogP contribution is -2.44. The van der Waals surface area contributed by atoms with Gasteiger partial charge in [0.2, 0.25) is 0 Å². The Kier molecular flexibility index (Phi) is 3.39. The highest BCUT2D eigenvalue weighted by Crippen LogP contribution is 2.10. The van der Waals surface area contributed by atoms with Gasteiger partial charge >= 0.3 is 0 Å². The molecule has 1 fully saturated rings. The second-order valence-corrected chi connectivity index (χ2v) is 4.19. The van der Waals surface area contributed by atoms with Crippen molar-refractivity contribution in [2.75, 3.05) is 13.1 Å². The lowest BCUT2D eigenvalue weighted by Gasteiger charge is -2.25. The van der Waals surface area contributed by atoms with Gasteiger partial charge in [0.1, 0.15) is 0 Å². The molecule has 0 aromatic heterocycles. The minimum absolute atomic E-state index is 0.726. The van der Waals surface area contributed by atoms with Crippen LogP contribution >= 0.6 is 0 Å². The number of nitrogens with one attached hydrogen (secondary N) is 2. The molecule has 1 aliphatic heterocycles. The monoisotopic (exact) mass is 180 g/mol. The molecule has 2 heteroatoms. The molecule has 1 heterocycles. The summed E-state index contributed by atoms with van der Waals surface area (Å²) in [6.45, 7) is 2.38. The van der Waals surface area contributed by atoms with Gasteiger partial charge in [0.15, 0.2) is 0 Å². The summed E-state index contributed by atoms with van der Waals surface area (Å²) in [5, 5.41) is 7.19. The van der Waals surface area contributed by atoms with Crippen LogP contribution in [0, 0.1) is 0 Å². The van der Waals surface area contributed by atoms with Crippen LogP contribution in [0.1, 0.15) is 32.1 Å². The predicted molar refractivity (Wildman–Crippen MR) is 55.8 cm³/mol. The SMILES string of the molecule is C1=CCC(NCC2CCCCN2)C1. The Hall–Kier alpha value is -0.340. The van der Waals surface area contributed by atoms with E-state index in [-0.39, 0.29) is 0 Å². The molecule has 1 saturated heterocycles. The van der Waals surface area contributed by atoms with Crippen LogP contribution in [0.2, 0.25) is 0 Å². The Morgan fingerprint density at radius 2 is 2.08 bits per heavy atom. The van der Waals surface area contributed by atoms with Crippen molar-refractivity contribution in [1.29, 1.82) is 0 Å². The Labute approximate surface area is 80.8 Å². The van der Waals surface area contributed by atoms with Crippen molar-refractivity contribution in [1.82, 2.24) is 10.6 Å². The second-order valence-electron chi connectivity index (χ2n) is 4.19. The van der Waals surface area contributed by atoms with Crippen molar-refractivity contribution in [3.63, 3.8) is 0 Å². The number of piperidine rings is 1. The molecule has 2 aliphatic rings. The van der Waals surface area contributed by atoms with E-state index in [1.54, 1.807) is 0 Å². The van der Waals surface area contributed by atoms with E-state index in [9.17, 15) is 0 Å². The smallest absolute Gasteiger partial charge is 0.0192 e. The lowest BCUT2D eigenvalue weighted by atomic mass is 10.0. The maximum Gasteiger partial charge on any atom is 0.0192 e. The summed E-state index contributed by atoms with van der Waals surface area (Å²) < 4.78 is 0. The third kappa shape index (κ3) is 2.82. The van der Waals surface area contributed by atoms with Crippen molar-refractivity contribution in [2.24, 2.45) is 0 Å². The largest absolute Gasteiger partial charge is 0.313 e. The highest BCUT2D eigenvalue weighted by atomic mass is 15.0. The summed E-state index contributed by atoms with van der Waals surface area (Å²) in [5.74, 6) is 0. The first-order valence-electron chi connectivity index (χ1n) is 5.57. The molecule has 74 valence electrons. The highest BCUT2D eigenvalue weighted by Gasteiger charge is 2.15. The van der Waals surface area contributed by atoms with Gasteiger partial charge < -0.3 is 10.6 Å². The number of hydrogen-bond acceptors (Lipinski definition) is 2. The first-order valence-corrected chi connectivity index (χ1v) is 5.57. The summed E-state index contributed by atoms with van der Waals surface area (Å²) in [7, 11) is 0. The molecule has 13 heavy (non-hydrogen) atoms. The van der Waals surface area contributed by atoms with E-state index in [1.165, 1.54) is 38.6 Å². The minimum atomic E-state index is 0.726. The molecule has 1 atom stereocenters. The van der Waals surface area contributed by atoms with Crippen LogP contribution in [0.25, 0.3) is 0 Å². The number of rotatable bonds is 3.